The van der Waals surface area contributed by atoms with Crippen molar-refractivity contribution >= 4 is 15.7 Å². The van der Waals surface area contributed by atoms with Crippen molar-refractivity contribution in [3.63, 3.8) is 0 Å². The first-order valence-electron chi connectivity index (χ1n) is 6.40. The molecule has 0 unspecified atom stereocenters. The summed E-state index contributed by atoms with van der Waals surface area (Å²) in [5.41, 5.74) is 7.47. The summed E-state index contributed by atoms with van der Waals surface area (Å²) in [7, 11) is -3.60. The lowest BCUT2D eigenvalue weighted by Crippen LogP contribution is -2.13. The van der Waals surface area contributed by atoms with E-state index in [1.807, 2.05) is 19.1 Å². The molecule has 0 saturated carbocycles. The summed E-state index contributed by atoms with van der Waals surface area (Å²) in [4.78, 5) is 0.198. The van der Waals surface area contributed by atoms with Gasteiger partial charge >= 0.3 is 0 Å². The maximum atomic E-state index is 12.3. The molecule has 5 heteroatoms. The van der Waals surface area contributed by atoms with Gasteiger partial charge in [-0.3, -0.25) is 4.72 Å². The van der Waals surface area contributed by atoms with Crippen molar-refractivity contribution in [1.29, 1.82) is 0 Å². The molecule has 108 valence electrons. The Morgan fingerprint density at radius 3 is 2.38 bits per heavy atom. The Morgan fingerprint density at radius 1 is 1.10 bits per heavy atom. The average molecular weight is 300 g/mol. The van der Waals surface area contributed by atoms with E-state index in [9.17, 15) is 8.42 Å². The van der Waals surface area contributed by atoms with Gasteiger partial charge in [0, 0.05) is 5.56 Å². The summed E-state index contributed by atoms with van der Waals surface area (Å²) < 4.78 is 27.2. The molecule has 0 amide bonds. The fraction of sp³-hybridized carbons (Fsp3) is 0.125. The van der Waals surface area contributed by atoms with Crippen LogP contribution < -0.4 is 10.5 Å². The van der Waals surface area contributed by atoms with Crippen molar-refractivity contribution in [2.24, 2.45) is 5.73 Å². The number of benzene rings is 2. The first kappa shape index (κ1) is 15.1. The fourth-order valence-corrected chi connectivity index (χ4v) is 2.89. The van der Waals surface area contributed by atoms with Crippen molar-refractivity contribution in [1.82, 2.24) is 0 Å². The van der Waals surface area contributed by atoms with Crippen LogP contribution in [0.15, 0.2) is 53.4 Å². The van der Waals surface area contributed by atoms with E-state index in [1.54, 1.807) is 24.3 Å². The van der Waals surface area contributed by atoms with Gasteiger partial charge in [-0.25, -0.2) is 8.42 Å². The predicted molar refractivity (Wildman–Crippen MR) is 84.4 cm³/mol. The lowest BCUT2D eigenvalue weighted by atomic mass is 10.2. The van der Waals surface area contributed by atoms with E-state index < -0.39 is 10.0 Å². The van der Waals surface area contributed by atoms with E-state index in [4.69, 9.17) is 5.73 Å². The Morgan fingerprint density at radius 2 is 1.76 bits per heavy atom. The molecule has 3 N–H and O–H groups in total. The maximum absolute atomic E-state index is 12.3. The second-order valence-corrected chi connectivity index (χ2v) is 6.13. The molecule has 0 aliphatic rings. The first-order chi connectivity index (χ1) is 10.0. The maximum Gasteiger partial charge on any atom is 0.261 e. The van der Waals surface area contributed by atoms with Gasteiger partial charge in [-0.2, -0.15) is 0 Å². The van der Waals surface area contributed by atoms with Gasteiger partial charge in [0.2, 0.25) is 0 Å². The highest BCUT2D eigenvalue weighted by Crippen LogP contribution is 2.19. The van der Waals surface area contributed by atoms with Gasteiger partial charge in [0.15, 0.2) is 0 Å². The highest BCUT2D eigenvalue weighted by molar-refractivity contribution is 7.92. The zero-order valence-corrected chi connectivity index (χ0v) is 12.4. The predicted octanol–water partition coefficient (Wildman–Crippen LogP) is 2.11. The number of para-hydroxylation sites is 1. The summed E-state index contributed by atoms with van der Waals surface area (Å²) in [5, 5.41) is 0. The van der Waals surface area contributed by atoms with Gasteiger partial charge in [0.25, 0.3) is 10.0 Å². The van der Waals surface area contributed by atoms with Crippen LogP contribution in [-0.2, 0) is 10.0 Å². The van der Waals surface area contributed by atoms with Crippen molar-refractivity contribution in [3.05, 3.63) is 59.7 Å². The van der Waals surface area contributed by atoms with Crippen LogP contribution in [0.25, 0.3) is 0 Å². The molecule has 2 aromatic rings. The molecule has 0 aliphatic carbocycles. The van der Waals surface area contributed by atoms with Gasteiger partial charge < -0.3 is 5.73 Å². The van der Waals surface area contributed by atoms with E-state index in [1.165, 1.54) is 12.1 Å². The molecule has 0 aliphatic heterocycles. The van der Waals surface area contributed by atoms with E-state index in [0.29, 0.717) is 5.69 Å². The van der Waals surface area contributed by atoms with Crippen molar-refractivity contribution < 1.29 is 8.42 Å². The van der Waals surface area contributed by atoms with Gasteiger partial charge in [-0.05, 0) is 42.8 Å². The lowest BCUT2D eigenvalue weighted by molar-refractivity contribution is 0.601. The minimum Gasteiger partial charge on any atom is -0.320 e. The van der Waals surface area contributed by atoms with Crippen LogP contribution in [0.2, 0.25) is 0 Å². The van der Waals surface area contributed by atoms with E-state index in [0.717, 1.165) is 11.1 Å². The molecule has 0 radical (unpaired) electrons. The zero-order chi connectivity index (χ0) is 15.3. The zero-order valence-electron chi connectivity index (χ0n) is 11.6. The number of nitrogens with one attached hydrogen (secondary N) is 1. The van der Waals surface area contributed by atoms with Crippen LogP contribution >= 0.6 is 0 Å². The second-order valence-electron chi connectivity index (χ2n) is 4.45. The lowest BCUT2D eigenvalue weighted by Gasteiger charge is -2.10. The third-order valence-electron chi connectivity index (χ3n) is 2.89. The third kappa shape index (κ3) is 3.85. The normalized spacial score (nSPS) is 10.6. The van der Waals surface area contributed by atoms with Crippen molar-refractivity contribution in [2.45, 2.75) is 11.8 Å². The van der Waals surface area contributed by atoms with Crippen LogP contribution in [-0.4, -0.2) is 15.0 Å². The van der Waals surface area contributed by atoms with Crippen LogP contribution in [0.4, 0.5) is 5.69 Å². The van der Waals surface area contributed by atoms with E-state index >= 15 is 0 Å². The van der Waals surface area contributed by atoms with Crippen LogP contribution in [0, 0.1) is 18.8 Å². The fourth-order valence-electron chi connectivity index (χ4n) is 1.76. The topological polar surface area (TPSA) is 72.2 Å². The van der Waals surface area contributed by atoms with Gasteiger partial charge in [0.1, 0.15) is 0 Å². The summed E-state index contributed by atoms with van der Waals surface area (Å²) in [5.74, 6) is 5.57. The molecular weight excluding hydrogens is 284 g/mol. The number of rotatable bonds is 3. The Labute approximate surface area is 125 Å². The third-order valence-corrected chi connectivity index (χ3v) is 4.27. The minimum absolute atomic E-state index is 0.198. The molecule has 4 nitrogen and oxygen atoms in total. The number of sulfonamides is 1. The number of hydrogen-bond acceptors (Lipinski definition) is 3. The Bertz CT molecular complexity index is 785. The molecule has 2 rings (SSSR count). The van der Waals surface area contributed by atoms with Gasteiger partial charge in [-0.15, -0.1) is 0 Å². The molecule has 0 fully saturated rings. The average Bonchev–Trinajstić information content (AvgIpc) is 2.48. The summed E-state index contributed by atoms with van der Waals surface area (Å²) in [6, 6.07) is 13.6. The van der Waals surface area contributed by atoms with Crippen LogP contribution in [0.1, 0.15) is 11.1 Å². The Balaban J connectivity index is 2.26. The van der Waals surface area contributed by atoms with Gasteiger partial charge in [0.05, 0.1) is 17.1 Å². The van der Waals surface area contributed by atoms with Crippen molar-refractivity contribution in [2.75, 3.05) is 11.3 Å². The monoisotopic (exact) mass is 300 g/mol. The Kier molecular flexibility index (Phi) is 4.63. The standard InChI is InChI=1S/C16H16N2O2S/c1-13-5-2-3-7-16(13)18-21(19,20)15-10-8-14(9-11-15)6-4-12-17/h2-3,5,7-11,18H,12,17H2,1H3. The highest BCUT2D eigenvalue weighted by atomic mass is 32.2. The molecule has 0 aromatic heterocycles. The van der Waals surface area contributed by atoms with Crippen molar-refractivity contribution in [3.8, 4) is 11.8 Å². The molecule has 0 spiro atoms. The first-order valence-corrected chi connectivity index (χ1v) is 7.89. The largest absolute Gasteiger partial charge is 0.320 e. The molecule has 0 saturated heterocycles. The SMILES string of the molecule is Cc1ccccc1NS(=O)(=O)c1ccc(C#CCN)cc1. The quantitative estimate of drug-likeness (QED) is 0.853. The molecule has 0 bridgehead atoms. The molecule has 0 heterocycles. The number of aryl methyl sites for hydroxylation is 1. The van der Waals surface area contributed by atoms with E-state index in [-0.39, 0.29) is 11.4 Å². The summed E-state index contributed by atoms with van der Waals surface area (Å²) in [6.45, 7) is 2.12. The highest BCUT2D eigenvalue weighted by Gasteiger charge is 2.14. The van der Waals surface area contributed by atoms with Crippen LogP contribution in [0.3, 0.4) is 0 Å². The van der Waals surface area contributed by atoms with Gasteiger partial charge in [-0.1, -0.05) is 30.0 Å². The summed E-state index contributed by atoms with van der Waals surface area (Å²) in [6.07, 6.45) is 0. The van der Waals surface area contributed by atoms with Crippen LogP contribution in [0.5, 0.6) is 0 Å². The molecule has 0 atom stereocenters. The smallest absolute Gasteiger partial charge is 0.261 e. The minimum atomic E-state index is -3.60. The Hall–Kier alpha value is -2.29. The van der Waals surface area contributed by atoms with E-state index in [2.05, 4.69) is 16.6 Å². The number of nitrogens with two attached hydrogens (primary N) is 1. The number of anilines is 1. The second kappa shape index (κ2) is 6.44. The molecule has 2 aromatic carbocycles. The molecular formula is C16H16N2O2S. The summed E-state index contributed by atoms with van der Waals surface area (Å²) >= 11 is 0. The number of hydrogen-bond donors (Lipinski definition) is 2. The molecule has 21 heavy (non-hydrogen) atoms.